The molecule has 0 radical (unpaired) electrons. The molecule has 1 unspecified atom stereocenters. The van der Waals surface area contributed by atoms with Crippen LogP contribution in [0, 0.1) is 17.6 Å². The topological polar surface area (TPSA) is 87.7 Å². The van der Waals surface area contributed by atoms with Crippen molar-refractivity contribution >= 4 is 34.1 Å². The van der Waals surface area contributed by atoms with Gasteiger partial charge in [0.15, 0.2) is 0 Å². The maximum atomic E-state index is 14.7. The normalized spacial score (nSPS) is 17.2. The Hall–Kier alpha value is -2.36. The van der Waals surface area contributed by atoms with Crippen LogP contribution in [0.5, 0.6) is 0 Å². The van der Waals surface area contributed by atoms with Gasteiger partial charge in [0.25, 0.3) is 0 Å². The Bertz CT molecular complexity index is 933. The molecular weight excluding hydrogens is 512 g/mol. The number of hydrogen-bond donors (Lipinski definition) is 2. The van der Waals surface area contributed by atoms with Crippen LogP contribution in [0.25, 0.3) is 0 Å². The molecule has 1 aromatic carbocycles. The average Bonchev–Trinajstić information content (AvgIpc) is 2.73. The van der Waals surface area contributed by atoms with E-state index in [1.165, 1.54) is 18.6 Å². The number of carbonyl (C=O) groups excluding carboxylic acids is 3. The second-order valence-corrected chi connectivity index (χ2v) is 16.8. The molecular formula is C28H45F2N3O4S. The second kappa shape index (κ2) is 13.6. The van der Waals surface area contributed by atoms with Gasteiger partial charge in [-0.25, -0.2) is 23.6 Å². The minimum atomic E-state index is -1.08. The zero-order valence-corrected chi connectivity index (χ0v) is 24.7. The van der Waals surface area contributed by atoms with Crippen LogP contribution in [0.1, 0.15) is 71.3 Å². The van der Waals surface area contributed by atoms with Gasteiger partial charge in [-0.3, -0.25) is 14.9 Å². The quantitative estimate of drug-likeness (QED) is 0.402. The number of nitrogens with one attached hydrogen (secondary N) is 2. The predicted molar refractivity (Wildman–Crippen MR) is 151 cm³/mol. The van der Waals surface area contributed by atoms with E-state index in [0.717, 1.165) is 12.8 Å². The number of hydrogen-bond acceptors (Lipinski definition) is 5. The molecule has 0 bridgehead atoms. The predicted octanol–water partition coefficient (Wildman–Crippen LogP) is 5.31. The highest BCUT2D eigenvalue weighted by Gasteiger charge is 2.32. The highest BCUT2D eigenvalue weighted by molar-refractivity contribution is 8.33. The number of imide groups is 1. The number of ether oxygens (including phenoxy) is 1. The van der Waals surface area contributed by atoms with E-state index in [4.69, 9.17) is 4.74 Å². The molecule has 10 heteroatoms. The lowest BCUT2D eigenvalue weighted by Gasteiger charge is -2.41. The summed E-state index contributed by atoms with van der Waals surface area (Å²) in [5.41, 5.74) is -0.00426. The van der Waals surface area contributed by atoms with Crippen molar-refractivity contribution in [3.8, 4) is 0 Å². The number of amides is 3. The first kappa shape index (κ1) is 31.9. The molecule has 2 N–H and O–H groups in total. The Morgan fingerprint density at radius 1 is 1.16 bits per heavy atom. The van der Waals surface area contributed by atoms with Crippen LogP contribution in [0.15, 0.2) is 12.1 Å². The van der Waals surface area contributed by atoms with Crippen LogP contribution in [0.4, 0.5) is 19.3 Å². The van der Waals surface area contributed by atoms with Crippen LogP contribution in [-0.4, -0.2) is 67.7 Å². The lowest BCUT2D eigenvalue weighted by atomic mass is 9.86. The first-order valence-corrected chi connectivity index (χ1v) is 16.1. The number of alkyl carbamates (subject to hydrolysis) is 1. The van der Waals surface area contributed by atoms with Crippen molar-refractivity contribution in [1.29, 1.82) is 0 Å². The van der Waals surface area contributed by atoms with Crippen molar-refractivity contribution in [3.05, 3.63) is 29.3 Å². The Morgan fingerprint density at radius 3 is 2.13 bits per heavy atom. The van der Waals surface area contributed by atoms with Crippen molar-refractivity contribution in [3.63, 3.8) is 0 Å². The minimum Gasteiger partial charge on any atom is -0.449 e. The van der Waals surface area contributed by atoms with Gasteiger partial charge in [0.05, 0.1) is 18.6 Å². The Labute approximate surface area is 227 Å². The highest BCUT2D eigenvalue weighted by Crippen LogP contribution is 2.48. The van der Waals surface area contributed by atoms with Crippen LogP contribution >= 0.6 is 10.0 Å². The molecule has 38 heavy (non-hydrogen) atoms. The van der Waals surface area contributed by atoms with Crippen molar-refractivity contribution in [2.75, 3.05) is 43.4 Å². The number of nitrogens with zero attached hydrogens (tertiary/aromatic N) is 1. The number of benzene rings is 1. The summed E-state index contributed by atoms with van der Waals surface area (Å²) in [7, 11) is -0.340. The zero-order valence-electron chi connectivity index (χ0n) is 23.9. The maximum Gasteiger partial charge on any atom is 0.407 e. The van der Waals surface area contributed by atoms with Crippen molar-refractivity contribution in [2.24, 2.45) is 5.92 Å². The minimum absolute atomic E-state index is 0.157. The maximum absolute atomic E-state index is 14.7. The summed E-state index contributed by atoms with van der Waals surface area (Å²) >= 11 is 0. The fourth-order valence-electron chi connectivity index (χ4n) is 3.78. The number of carbonyl (C=O) groups is 3. The molecule has 2 aliphatic rings. The Kier molecular flexibility index (Phi) is 11.4. The van der Waals surface area contributed by atoms with Crippen LogP contribution in [0.2, 0.25) is 0 Å². The molecule has 216 valence electrons. The van der Waals surface area contributed by atoms with E-state index >= 15 is 0 Å². The molecule has 1 heterocycles. The van der Waals surface area contributed by atoms with Gasteiger partial charge < -0.3 is 15.0 Å². The van der Waals surface area contributed by atoms with E-state index in [1.807, 2.05) is 5.32 Å². The van der Waals surface area contributed by atoms with E-state index in [-0.39, 0.29) is 34.5 Å². The summed E-state index contributed by atoms with van der Waals surface area (Å²) < 4.78 is 35.1. The fourth-order valence-corrected chi connectivity index (χ4v) is 3.78. The van der Waals surface area contributed by atoms with E-state index in [1.54, 1.807) is 11.8 Å². The van der Waals surface area contributed by atoms with Crippen molar-refractivity contribution < 1.29 is 27.9 Å². The van der Waals surface area contributed by atoms with Crippen LogP contribution in [0.3, 0.4) is 0 Å². The summed E-state index contributed by atoms with van der Waals surface area (Å²) in [6.45, 7) is 9.95. The van der Waals surface area contributed by atoms with Gasteiger partial charge in [-0.2, -0.15) is 0 Å². The van der Waals surface area contributed by atoms with E-state index < -0.39 is 29.6 Å². The molecule has 2 fully saturated rings. The summed E-state index contributed by atoms with van der Waals surface area (Å²) in [6.07, 6.45) is 10.9. The van der Waals surface area contributed by atoms with Crippen LogP contribution < -0.4 is 15.5 Å². The number of rotatable bonds is 9. The third-order valence-electron chi connectivity index (χ3n) is 7.59. The molecule has 0 spiro atoms. The molecule has 1 aromatic rings. The third-order valence-corrected chi connectivity index (χ3v) is 11.3. The van der Waals surface area contributed by atoms with E-state index in [0.29, 0.717) is 42.5 Å². The van der Waals surface area contributed by atoms with Gasteiger partial charge >= 0.3 is 6.09 Å². The lowest BCUT2D eigenvalue weighted by Crippen LogP contribution is -2.59. The van der Waals surface area contributed by atoms with Crippen LogP contribution in [-0.2, 0) is 14.3 Å². The fraction of sp³-hybridized carbons (Fsp3) is 0.679. The van der Waals surface area contributed by atoms with Crippen molar-refractivity contribution in [1.82, 2.24) is 10.6 Å². The Morgan fingerprint density at radius 2 is 1.71 bits per heavy atom. The monoisotopic (exact) mass is 557 g/mol. The summed E-state index contributed by atoms with van der Waals surface area (Å²) in [4.78, 5) is 36.1. The molecule has 1 saturated carbocycles. The van der Waals surface area contributed by atoms with Gasteiger partial charge in [0.2, 0.25) is 12.3 Å². The first-order valence-electron chi connectivity index (χ1n) is 13.3. The van der Waals surface area contributed by atoms with E-state index in [9.17, 15) is 23.2 Å². The van der Waals surface area contributed by atoms with Crippen molar-refractivity contribution in [2.45, 2.75) is 76.5 Å². The smallest absolute Gasteiger partial charge is 0.407 e. The Balaban J connectivity index is 0.000000550. The van der Waals surface area contributed by atoms with Gasteiger partial charge in [0.1, 0.15) is 11.6 Å². The summed E-state index contributed by atoms with van der Waals surface area (Å²) in [5.74, 6) is -3.01. The summed E-state index contributed by atoms with van der Waals surface area (Å²) in [5, 5.41) is 4.72. The molecule has 1 atom stereocenters. The zero-order chi connectivity index (χ0) is 28.7. The highest BCUT2D eigenvalue weighted by atomic mass is 32.3. The molecule has 1 aliphatic carbocycles. The molecule has 1 saturated heterocycles. The van der Waals surface area contributed by atoms with Gasteiger partial charge in [-0.1, -0.05) is 40.5 Å². The van der Waals surface area contributed by atoms with E-state index in [2.05, 4.69) is 44.9 Å². The van der Waals surface area contributed by atoms with Gasteiger partial charge in [-0.05, 0) is 60.8 Å². The first-order chi connectivity index (χ1) is 17.7. The lowest BCUT2D eigenvalue weighted by molar-refractivity contribution is -0.126. The molecule has 0 aromatic heterocycles. The van der Waals surface area contributed by atoms with Gasteiger partial charge in [-0.15, -0.1) is 0 Å². The SMILES string of the molecule is CC(C)(C)S(C)(C)C.CCCC(C(=O)NC=O)c1c(F)cc(N2CC(NC(=O)OCC3CCC3)C2)cc1F. The second-order valence-electron chi connectivity index (χ2n) is 11.9. The molecule has 3 amide bonds. The molecule has 3 rings (SSSR count). The molecule has 7 nitrogen and oxygen atoms in total. The summed E-state index contributed by atoms with van der Waals surface area (Å²) in [6, 6.07) is 2.21. The third kappa shape index (κ3) is 8.85. The number of halogens is 2. The standard InChI is InChI=1S/C21H27F2N3O4.C7H18S/c1-2-4-16(20(28)24-12-27)19-17(22)7-15(8-18(19)23)26-9-14(10-26)25-21(29)30-11-13-5-3-6-13;1-7(2,3)8(4,5)6/h7-8,12-14,16H,2-6,9-11H2,1H3,(H,25,29)(H,24,27,28);1-6H3. The number of anilines is 1. The largest absolute Gasteiger partial charge is 0.449 e. The molecule has 1 aliphatic heterocycles. The van der Waals surface area contributed by atoms with Gasteiger partial charge in [0, 0.05) is 24.3 Å². The average molecular weight is 558 g/mol.